The summed E-state index contributed by atoms with van der Waals surface area (Å²) in [5.41, 5.74) is 5.35. The molecule has 1 saturated carbocycles. The first kappa shape index (κ1) is 14.0. The predicted molar refractivity (Wildman–Crippen MR) is 64.3 cm³/mol. The molecule has 5 nitrogen and oxygen atoms in total. The second kappa shape index (κ2) is 6.00. The fourth-order valence-corrected chi connectivity index (χ4v) is 2.28. The highest BCUT2D eigenvalue weighted by molar-refractivity contribution is 5.89. The highest BCUT2D eigenvalue weighted by Gasteiger charge is 2.40. The van der Waals surface area contributed by atoms with Gasteiger partial charge < -0.3 is 15.4 Å². The van der Waals surface area contributed by atoms with Crippen molar-refractivity contribution in [1.29, 1.82) is 0 Å². The van der Waals surface area contributed by atoms with E-state index in [1.54, 1.807) is 0 Å². The maximum atomic E-state index is 12.3. The third-order valence-electron chi connectivity index (χ3n) is 3.25. The summed E-state index contributed by atoms with van der Waals surface area (Å²) in [7, 11) is 1.32. The molecule has 17 heavy (non-hydrogen) atoms. The minimum absolute atomic E-state index is 0.00211. The number of nitrogens with zero attached hydrogens (tertiary/aromatic N) is 1. The average molecular weight is 242 g/mol. The van der Waals surface area contributed by atoms with Gasteiger partial charge in [0.15, 0.2) is 0 Å². The Morgan fingerprint density at radius 2 is 1.94 bits per heavy atom. The first-order valence-electron chi connectivity index (χ1n) is 6.18. The molecule has 98 valence electrons. The molecule has 0 saturated heterocycles. The lowest BCUT2D eigenvalue weighted by Gasteiger charge is -2.30. The molecule has 1 aliphatic carbocycles. The fraction of sp³-hybridized carbons (Fsp3) is 0.833. The molecule has 0 aliphatic heterocycles. The van der Waals surface area contributed by atoms with Crippen LogP contribution in [0.3, 0.4) is 0 Å². The van der Waals surface area contributed by atoms with Crippen LogP contribution in [0.25, 0.3) is 0 Å². The van der Waals surface area contributed by atoms with Gasteiger partial charge in [0.25, 0.3) is 0 Å². The van der Waals surface area contributed by atoms with Crippen molar-refractivity contribution >= 4 is 11.9 Å². The van der Waals surface area contributed by atoms with Crippen LogP contribution >= 0.6 is 0 Å². The van der Waals surface area contributed by atoms with Crippen LogP contribution in [0.1, 0.15) is 39.0 Å². The van der Waals surface area contributed by atoms with Crippen molar-refractivity contribution in [1.82, 2.24) is 4.90 Å². The van der Waals surface area contributed by atoms with Gasteiger partial charge in [-0.05, 0) is 19.3 Å². The number of esters is 1. The molecule has 0 heterocycles. The van der Waals surface area contributed by atoms with E-state index in [0.29, 0.717) is 19.4 Å². The summed E-state index contributed by atoms with van der Waals surface area (Å²) in [4.78, 5) is 25.1. The summed E-state index contributed by atoms with van der Waals surface area (Å²) in [5, 5.41) is 0. The van der Waals surface area contributed by atoms with Crippen LogP contribution in [0, 0.1) is 0 Å². The number of carbonyl (C=O) groups excluding carboxylic acids is 2. The highest BCUT2D eigenvalue weighted by Crippen LogP contribution is 2.29. The summed E-state index contributed by atoms with van der Waals surface area (Å²) in [5.74, 6) is -0.504. The minimum Gasteiger partial charge on any atom is -0.468 e. The number of ether oxygens (including phenoxy) is 1. The van der Waals surface area contributed by atoms with Crippen molar-refractivity contribution in [3.8, 4) is 0 Å². The number of hydrogen-bond acceptors (Lipinski definition) is 4. The van der Waals surface area contributed by atoms with Crippen LogP contribution in [0.2, 0.25) is 0 Å². The van der Waals surface area contributed by atoms with Crippen molar-refractivity contribution in [2.45, 2.75) is 44.6 Å². The van der Waals surface area contributed by atoms with Crippen LogP contribution in [0.5, 0.6) is 0 Å². The van der Waals surface area contributed by atoms with Gasteiger partial charge >= 0.3 is 5.97 Å². The van der Waals surface area contributed by atoms with Gasteiger partial charge in [0.1, 0.15) is 6.54 Å². The Bertz CT molecular complexity index is 285. The average Bonchev–Trinajstić information content (AvgIpc) is 2.75. The lowest BCUT2D eigenvalue weighted by atomic mass is 9.97. The van der Waals surface area contributed by atoms with Gasteiger partial charge in [-0.2, -0.15) is 0 Å². The van der Waals surface area contributed by atoms with Gasteiger partial charge in [-0.1, -0.05) is 19.8 Å². The van der Waals surface area contributed by atoms with Crippen molar-refractivity contribution in [3.63, 3.8) is 0 Å². The van der Waals surface area contributed by atoms with Crippen LogP contribution < -0.4 is 5.73 Å². The molecule has 1 aliphatic rings. The lowest BCUT2D eigenvalue weighted by molar-refractivity contribution is -0.149. The SMILES string of the molecule is CCCN(CC(=O)OC)C(=O)C1(N)CCCC1. The van der Waals surface area contributed by atoms with Gasteiger partial charge in [-0.15, -0.1) is 0 Å². The molecule has 5 heteroatoms. The van der Waals surface area contributed by atoms with Gasteiger partial charge in [0.2, 0.25) is 5.91 Å². The van der Waals surface area contributed by atoms with E-state index < -0.39 is 11.5 Å². The first-order chi connectivity index (χ1) is 8.03. The monoisotopic (exact) mass is 242 g/mol. The Morgan fingerprint density at radius 3 is 2.41 bits per heavy atom. The Kier molecular flexibility index (Phi) is 4.93. The number of methoxy groups -OCH3 is 1. The Hall–Kier alpha value is -1.10. The predicted octanol–water partition coefficient (Wildman–Crippen LogP) is 0.669. The molecular weight excluding hydrogens is 220 g/mol. The van der Waals surface area contributed by atoms with Crippen molar-refractivity contribution in [3.05, 3.63) is 0 Å². The fourth-order valence-electron chi connectivity index (χ4n) is 2.28. The molecular formula is C12H22N2O3. The Labute approximate surface area is 102 Å². The molecule has 1 amide bonds. The second-order valence-electron chi connectivity index (χ2n) is 4.67. The largest absolute Gasteiger partial charge is 0.468 e. The molecule has 0 radical (unpaired) electrons. The van der Waals surface area contributed by atoms with Gasteiger partial charge in [0, 0.05) is 6.54 Å². The zero-order chi connectivity index (χ0) is 12.9. The van der Waals surface area contributed by atoms with Gasteiger partial charge in [-0.3, -0.25) is 9.59 Å². The Morgan fingerprint density at radius 1 is 1.35 bits per heavy atom. The topological polar surface area (TPSA) is 72.6 Å². The summed E-state index contributed by atoms with van der Waals surface area (Å²) >= 11 is 0. The summed E-state index contributed by atoms with van der Waals surface area (Å²) in [6.07, 6.45) is 4.21. The maximum absolute atomic E-state index is 12.3. The number of carbonyl (C=O) groups is 2. The number of rotatable bonds is 5. The van der Waals surface area contributed by atoms with Crippen molar-refractivity contribution in [2.75, 3.05) is 20.2 Å². The molecule has 0 aromatic heterocycles. The summed E-state index contributed by atoms with van der Waals surface area (Å²) < 4.78 is 4.60. The third kappa shape index (κ3) is 3.43. The molecule has 2 N–H and O–H groups in total. The zero-order valence-electron chi connectivity index (χ0n) is 10.7. The normalized spacial score (nSPS) is 17.8. The second-order valence-corrected chi connectivity index (χ2v) is 4.67. The van der Waals surface area contributed by atoms with E-state index in [1.807, 2.05) is 6.92 Å². The van der Waals surface area contributed by atoms with E-state index in [4.69, 9.17) is 5.73 Å². The van der Waals surface area contributed by atoms with E-state index in [1.165, 1.54) is 12.0 Å². The summed E-state index contributed by atoms with van der Waals surface area (Å²) in [6.45, 7) is 2.52. The van der Waals surface area contributed by atoms with E-state index in [2.05, 4.69) is 4.74 Å². The van der Waals surface area contributed by atoms with Crippen LogP contribution in [0.15, 0.2) is 0 Å². The molecule has 0 unspecified atom stereocenters. The molecule has 1 rings (SSSR count). The summed E-state index contributed by atoms with van der Waals surface area (Å²) in [6, 6.07) is 0. The van der Waals surface area contributed by atoms with Crippen molar-refractivity contribution < 1.29 is 14.3 Å². The molecule has 0 atom stereocenters. The van der Waals surface area contributed by atoms with Crippen LogP contribution in [0.4, 0.5) is 0 Å². The van der Waals surface area contributed by atoms with E-state index in [9.17, 15) is 9.59 Å². The molecule has 0 spiro atoms. The van der Waals surface area contributed by atoms with E-state index in [-0.39, 0.29) is 12.5 Å². The molecule has 0 aromatic carbocycles. The lowest BCUT2D eigenvalue weighted by Crippen LogP contribution is -2.54. The quantitative estimate of drug-likeness (QED) is 0.719. The molecule has 0 aromatic rings. The van der Waals surface area contributed by atoms with Gasteiger partial charge in [0.05, 0.1) is 12.6 Å². The zero-order valence-corrected chi connectivity index (χ0v) is 10.7. The smallest absolute Gasteiger partial charge is 0.325 e. The number of amides is 1. The van der Waals surface area contributed by atoms with E-state index >= 15 is 0 Å². The third-order valence-corrected chi connectivity index (χ3v) is 3.25. The maximum Gasteiger partial charge on any atom is 0.325 e. The van der Waals surface area contributed by atoms with E-state index in [0.717, 1.165) is 19.3 Å². The van der Waals surface area contributed by atoms with Crippen LogP contribution in [-0.2, 0) is 14.3 Å². The Balaban J connectivity index is 2.68. The number of nitrogens with two attached hydrogens (primary N) is 1. The first-order valence-corrected chi connectivity index (χ1v) is 6.18. The number of hydrogen-bond donors (Lipinski definition) is 1. The minimum atomic E-state index is -0.761. The highest BCUT2D eigenvalue weighted by atomic mass is 16.5. The van der Waals surface area contributed by atoms with Crippen molar-refractivity contribution in [2.24, 2.45) is 5.73 Å². The molecule has 1 fully saturated rings. The van der Waals surface area contributed by atoms with Crippen LogP contribution in [-0.4, -0.2) is 42.5 Å². The standard InChI is InChI=1S/C12H22N2O3/c1-3-8-14(9-10(15)17-2)11(16)12(13)6-4-5-7-12/h3-9,13H2,1-2H3. The van der Waals surface area contributed by atoms with Gasteiger partial charge in [-0.25, -0.2) is 0 Å². The molecule has 0 bridgehead atoms.